The molecule has 0 aromatic heterocycles. The first kappa shape index (κ1) is 18.8. The molecule has 8 heteroatoms. The van der Waals surface area contributed by atoms with Gasteiger partial charge in [-0.2, -0.15) is 0 Å². The first-order valence-corrected chi connectivity index (χ1v) is 8.10. The minimum absolute atomic E-state index is 0.128. The van der Waals surface area contributed by atoms with E-state index in [0.29, 0.717) is 5.75 Å². The van der Waals surface area contributed by atoms with Crippen LogP contribution in [0, 0.1) is 11.6 Å². The highest BCUT2D eigenvalue weighted by molar-refractivity contribution is 5.96. The monoisotopic (exact) mass is 379 g/mol. The van der Waals surface area contributed by atoms with E-state index in [0.717, 1.165) is 17.0 Å². The molecule has 5 nitrogen and oxygen atoms in total. The number of nitrogens with zero attached hydrogens (tertiary/aromatic N) is 1. The number of rotatable bonds is 4. The number of benzene rings is 2. The third kappa shape index (κ3) is 3.47. The Morgan fingerprint density at radius 3 is 2.44 bits per heavy atom. The second-order valence-corrected chi connectivity index (χ2v) is 6.29. The van der Waals surface area contributed by atoms with Crippen molar-refractivity contribution in [2.24, 2.45) is 0 Å². The summed E-state index contributed by atoms with van der Waals surface area (Å²) in [6, 6.07) is 7.66. The Labute approximate surface area is 153 Å². The van der Waals surface area contributed by atoms with Crippen molar-refractivity contribution in [3.63, 3.8) is 0 Å². The number of ether oxygens (including phenoxy) is 1. The number of hydrogen-bond acceptors (Lipinski definition) is 3. The van der Waals surface area contributed by atoms with Crippen molar-refractivity contribution in [3.8, 4) is 16.9 Å². The molecule has 1 aliphatic heterocycles. The zero-order valence-electron chi connectivity index (χ0n) is 14.3. The van der Waals surface area contributed by atoms with Crippen LogP contribution in [-0.4, -0.2) is 47.8 Å². The number of alkyl halides is 1. The van der Waals surface area contributed by atoms with E-state index in [-0.39, 0.29) is 29.7 Å². The topological polar surface area (TPSA) is 66.8 Å². The summed E-state index contributed by atoms with van der Waals surface area (Å²) >= 11 is 0. The van der Waals surface area contributed by atoms with Gasteiger partial charge in [-0.25, -0.2) is 18.0 Å². The minimum Gasteiger partial charge on any atom is -0.497 e. The number of carboxylic acids is 1. The molecule has 1 aliphatic rings. The lowest BCUT2D eigenvalue weighted by Gasteiger charge is -2.18. The largest absolute Gasteiger partial charge is 0.497 e. The second kappa shape index (κ2) is 6.94. The number of carboxylic acid groups (broad SMARTS) is 1. The van der Waals surface area contributed by atoms with Gasteiger partial charge in [-0.05, 0) is 29.8 Å². The molecule has 0 bridgehead atoms. The summed E-state index contributed by atoms with van der Waals surface area (Å²) in [5, 5.41) is 8.89. The van der Waals surface area contributed by atoms with Crippen molar-refractivity contribution < 1.29 is 32.6 Å². The van der Waals surface area contributed by atoms with Gasteiger partial charge in [0.1, 0.15) is 17.4 Å². The van der Waals surface area contributed by atoms with E-state index < -0.39 is 35.7 Å². The molecule has 27 heavy (non-hydrogen) atoms. The number of amides is 1. The molecule has 1 amide bonds. The summed E-state index contributed by atoms with van der Waals surface area (Å²) in [7, 11) is 1.39. The summed E-state index contributed by atoms with van der Waals surface area (Å²) in [4.78, 5) is 24.3. The molecule has 2 aromatic rings. The molecule has 0 aliphatic carbocycles. The fourth-order valence-corrected chi connectivity index (χ4v) is 3.00. The number of carbonyl (C=O) groups excluding carboxylic acids is 1. The Morgan fingerprint density at radius 1 is 1.15 bits per heavy atom. The van der Waals surface area contributed by atoms with Crippen LogP contribution in [0.3, 0.4) is 0 Å². The number of aliphatic carboxylic acids is 1. The maximum atomic E-state index is 14.5. The number of methoxy groups -OCH3 is 1. The molecule has 0 spiro atoms. The Bertz CT molecular complexity index is 918. The summed E-state index contributed by atoms with van der Waals surface area (Å²) in [5.74, 6) is -3.67. The molecule has 1 heterocycles. The Kier molecular flexibility index (Phi) is 4.82. The van der Waals surface area contributed by atoms with Crippen molar-refractivity contribution in [3.05, 3.63) is 53.6 Å². The van der Waals surface area contributed by atoms with Gasteiger partial charge in [-0.3, -0.25) is 4.79 Å². The van der Waals surface area contributed by atoms with E-state index in [1.165, 1.54) is 31.4 Å². The van der Waals surface area contributed by atoms with E-state index in [1.54, 1.807) is 0 Å². The fraction of sp³-hybridized carbons (Fsp3) is 0.263. The lowest BCUT2D eigenvalue weighted by atomic mass is 10.0. The summed E-state index contributed by atoms with van der Waals surface area (Å²) in [6.45, 7) is -0.772. The number of halogens is 3. The van der Waals surface area contributed by atoms with Crippen LogP contribution in [-0.2, 0) is 4.79 Å². The van der Waals surface area contributed by atoms with Gasteiger partial charge < -0.3 is 14.7 Å². The molecule has 1 atom stereocenters. The van der Waals surface area contributed by atoms with E-state index >= 15 is 0 Å². The minimum atomic E-state index is -2.53. The lowest BCUT2D eigenvalue weighted by molar-refractivity contribution is -0.149. The predicted molar refractivity (Wildman–Crippen MR) is 90.3 cm³/mol. The van der Waals surface area contributed by atoms with Crippen LogP contribution in [0.15, 0.2) is 36.4 Å². The zero-order valence-corrected chi connectivity index (χ0v) is 14.3. The molecule has 1 unspecified atom stereocenters. The van der Waals surface area contributed by atoms with Crippen LogP contribution in [0.4, 0.5) is 13.2 Å². The van der Waals surface area contributed by atoms with E-state index in [4.69, 9.17) is 9.84 Å². The van der Waals surface area contributed by atoms with E-state index in [1.807, 2.05) is 0 Å². The van der Waals surface area contributed by atoms with Gasteiger partial charge in [-0.1, -0.05) is 6.07 Å². The quantitative estimate of drug-likeness (QED) is 0.885. The van der Waals surface area contributed by atoms with Crippen LogP contribution in [0.2, 0.25) is 0 Å². The molecule has 2 aromatic carbocycles. The normalized spacial score (nSPS) is 19.2. The van der Waals surface area contributed by atoms with Gasteiger partial charge in [-0.15, -0.1) is 0 Å². The maximum Gasteiger partial charge on any atom is 0.343 e. The average molecular weight is 379 g/mol. The molecule has 142 valence electrons. The molecular weight excluding hydrogens is 363 g/mol. The Morgan fingerprint density at radius 2 is 1.89 bits per heavy atom. The highest BCUT2D eigenvalue weighted by atomic mass is 19.1. The SMILES string of the molecule is COc1ccc(-c2ccc(C(=O)N3CCC(F)(C(=O)O)C3)c(F)c2)c(F)c1. The molecule has 0 radical (unpaired) electrons. The number of hydrogen-bond donors (Lipinski definition) is 1. The summed E-state index contributed by atoms with van der Waals surface area (Å²) in [5.41, 5.74) is -2.51. The molecular formula is C19H16F3NO4. The third-order valence-corrected chi connectivity index (χ3v) is 4.58. The van der Waals surface area contributed by atoms with Crippen LogP contribution < -0.4 is 4.74 Å². The zero-order chi connectivity index (χ0) is 19.8. The van der Waals surface area contributed by atoms with Gasteiger partial charge in [0, 0.05) is 24.6 Å². The van der Waals surface area contributed by atoms with Crippen molar-refractivity contribution in [2.45, 2.75) is 12.1 Å². The summed E-state index contributed by atoms with van der Waals surface area (Å²) in [6.07, 6.45) is -0.356. The Hall–Kier alpha value is -3.03. The third-order valence-electron chi connectivity index (χ3n) is 4.58. The summed E-state index contributed by atoms with van der Waals surface area (Å²) < 4.78 is 47.6. The first-order chi connectivity index (χ1) is 12.7. The van der Waals surface area contributed by atoms with Crippen molar-refractivity contribution in [1.82, 2.24) is 4.90 Å². The second-order valence-electron chi connectivity index (χ2n) is 6.29. The lowest BCUT2D eigenvalue weighted by Crippen LogP contribution is -2.39. The standard InChI is InChI=1S/C19H16F3NO4/c1-27-12-3-5-13(16(21)9-12)11-2-4-14(15(20)8-11)17(24)23-7-6-19(22,10-23)18(25)26/h2-5,8-9H,6-7,10H2,1H3,(H,25,26). The van der Waals surface area contributed by atoms with Crippen LogP contribution in [0.5, 0.6) is 5.75 Å². The maximum absolute atomic E-state index is 14.5. The molecule has 0 saturated carbocycles. The van der Waals surface area contributed by atoms with Crippen molar-refractivity contribution in [2.75, 3.05) is 20.2 Å². The van der Waals surface area contributed by atoms with Crippen LogP contribution in [0.1, 0.15) is 16.8 Å². The van der Waals surface area contributed by atoms with Crippen molar-refractivity contribution in [1.29, 1.82) is 0 Å². The smallest absolute Gasteiger partial charge is 0.343 e. The molecule has 3 rings (SSSR count). The molecule has 1 saturated heterocycles. The molecule has 1 N–H and O–H groups in total. The van der Waals surface area contributed by atoms with Gasteiger partial charge in [0.2, 0.25) is 5.67 Å². The van der Waals surface area contributed by atoms with E-state index in [9.17, 15) is 22.8 Å². The van der Waals surface area contributed by atoms with Crippen LogP contribution >= 0.6 is 0 Å². The van der Waals surface area contributed by atoms with Gasteiger partial charge >= 0.3 is 5.97 Å². The van der Waals surface area contributed by atoms with Crippen molar-refractivity contribution >= 4 is 11.9 Å². The van der Waals surface area contributed by atoms with Crippen LogP contribution in [0.25, 0.3) is 11.1 Å². The molecule has 1 fully saturated rings. The fourth-order valence-electron chi connectivity index (χ4n) is 3.00. The Balaban J connectivity index is 1.85. The first-order valence-electron chi connectivity index (χ1n) is 8.10. The predicted octanol–water partition coefficient (Wildman–Crippen LogP) is 3.28. The van der Waals surface area contributed by atoms with E-state index in [2.05, 4.69) is 0 Å². The highest BCUT2D eigenvalue weighted by Gasteiger charge is 2.47. The average Bonchev–Trinajstić information content (AvgIpc) is 3.05. The van der Waals surface area contributed by atoms with Gasteiger partial charge in [0.15, 0.2) is 0 Å². The number of carbonyl (C=O) groups is 2. The number of likely N-dealkylation sites (tertiary alicyclic amines) is 1. The van der Waals surface area contributed by atoms with Gasteiger partial charge in [0.25, 0.3) is 5.91 Å². The van der Waals surface area contributed by atoms with Gasteiger partial charge in [0.05, 0.1) is 19.2 Å². The highest BCUT2D eigenvalue weighted by Crippen LogP contribution is 2.30.